The summed E-state index contributed by atoms with van der Waals surface area (Å²) >= 11 is 0. The summed E-state index contributed by atoms with van der Waals surface area (Å²) in [6.07, 6.45) is 4.67. The summed E-state index contributed by atoms with van der Waals surface area (Å²) < 4.78 is 28.2. The van der Waals surface area contributed by atoms with Gasteiger partial charge in [0.2, 0.25) is 10.0 Å². The van der Waals surface area contributed by atoms with Gasteiger partial charge < -0.3 is 10.6 Å². The van der Waals surface area contributed by atoms with Crippen molar-refractivity contribution in [1.29, 1.82) is 0 Å². The zero-order valence-electron chi connectivity index (χ0n) is 12.1. The first-order valence-corrected chi connectivity index (χ1v) is 8.28. The van der Waals surface area contributed by atoms with Gasteiger partial charge in [0.15, 0.2) is 0 Å². The Morgan fingerprint density at radius 3 is 2.85 bits per heavy atom. The van der Waals surface area contributed by atoms with Crippen molar-refractivity contribution < 1.29 is 8.42 Å². The Kier molecular flexibility index (Phi) is 4.79. The van der Waals surface area contributed by atoms with E-state index in [1.165, 1.54) is 6.20 Å². The first-order chi connectivity index (χ1) is 9.45. The molecule has 1 aromatic heterocycles. The Balaban J connectivity index is 2.09. The molecule has 1 fully saturated rings. The number of nitrogens with zero attached hydrogens (tertiary/aromatic N) is 4. The molecule has 0 spiro atoms. The predicted molar refractivity (Wildman–Crippen MR) is 76.7 cm³/mol. The van der Waals surface area contributed by atoms with Crippen LogP contribution < -0.4 is 5.73 Å². The van der Waals surface area contributed by atoms with Crippen LogP contribution >= 0.6 is 0 Å². The van der Waals surface area contributed by atoms with Crippen molar-refractivity contribution in [2.75, 3.05) is 33.7 Å². The molecule has 1 unspecified atom stereocenters. The first kappa shape index (κ1) is 15.4. The van der Waals surface area contributed by atoms with Crippen molar-refractivity contribution in [1.82, 2.24) is 19.0 Å². The van der Waals surface area contributed by atoms with Crippen molar-refractivity contribution in [3.8, 4) is 0 Å². The number of rotatable bonds is 6. The van der Waals surface area contributed by atoms with E-state index in [2.05, 4.69) is 10.00 Å². The number of hydrogen-bond acceptors (Lipinski definition) is 5. The zero-order chi connectivity index (χ0) is 14.8. The van der Waals surface area contributed by atoms with E-state index in [0.717, 1.165) is 12.8 Å². The fraction of sp³-hybridized carbons (Fsp3) is 0.750. The Hall–Kier alpha value is -0.960. The van der Waals surface area contributed by atoms with E-state index in [1.807, 2.05) is 14.1 Å². The molecule has 2 heterocycles. The van der Waals surface area contributed by atoms with Crippen LogP contribution in [0.1, 0.15) is 12.8 Å². The average molecular weight is 301 g/mol. The maximum Gasteiger partial charge on any atom is 0.246 e. The fourth-order valence-electron chi connectivity index (χ4n) is 2.35. The fourth-order valence-corrected chi connectivity index (χ4v) is 3.80. The van der Waals surface area contributed by atoms with Crippen molar-refractivity contribution in [3.05, 3.63) is 12.4 Å². The van der Waals surface area contributed by atoms with Gasteiger partial charge >= 0.3 is 0 Å². The zero-order valence-corrected chi connectivity index (χ0v) is 12.9. The lowest BCUT2D eigenvalue weighted by Crippen LogP contribution is -2.34. The summed E-state index contributed by atoms with van der Waals surface area (Å²) in [6, 6.07) is 0.289. The minimum atomic E-state index is -3.42. The van der Waals surface area contributed by atoms with Crippen LogP contribution in [0.25, 0.3) is 0 Å². The number of likely N-dealkylation sites (N-methyl/N-ethyl adjacent to an activating group) is 1. The quantitative estimate of drug-likeness (QED) is 0.770. The number of hydrogen-bond donors (Lipinski definition) is 1. The Labute approximate surface area is 120 Å². The van der Waals surface area contributed by atoms with Crippen molar-refractivity contribution in [3.63, 3.8) is 0 Å². The molecule has 1 aromatic rings. The molecule has 8 heteroatoms. The molecule has 0 amide bonds. The highest BCUT2D eigenvalue weighted by Gasteiger charge is 2.34. The smallest absolute Gasteiger partial charge is 0.246 e. The molecule has 20 heavy (non-hydrogen) atoms. The first-order valence-electron chi connectivity index (χ1n) is 6.84. The van der Waals surface area contributed by atoms with E-state index in [4.69, 9.17) is 5.73 Å². The van der Waals surface area contributed by atoms with Gasteiger partial charge in [0.1, 0.15) is 4.90 Å². The molecule has 2 rings (SSSR count). The summed E-state index contributed by atoms with van der Waals surface area (Å²) in [5.74, 6) is 0. The van der Waals surface area contributed by atoms with Gasteiger partial charge in [-0.1, -0.05) is 0 Å². The van der Waals surface area contributed by atoms with Gasteiger partial charge in [-0.2, -0.15) is 9.40 Å². The van der Waals surface area contributed by atoms with Gasteiger partial charge in [0.25, 0.3) is 0 Å². The molecule has 114 valence electrons. The maximum atomic E-state index is 12.5. The van der Waals surface area contributed by atoms with E-state index in [9.17, 15) is 8.42 Å². The minimum absolute atomic E-state index is 0.272. The molecular formula is C12H23N5O2S. The maximum absolute atomic E-state index is 12.5. The van der Waals surface area contributed by atoms with E-state index in [1.54, 1.807) is 15.2 Å². The molecule has 0 saturated carbocycles. The van der Waals surface area contributed by atoms with Gasteiger partial charge in [-0.25, -0.2) is 8.42 Å². The largest absolute Gasteiger partial charge is 0.330 e. The van der Waals surface area contributed by atoms with Crippen molar-refractivity contribution >= 4 is 10.0 Å². The summed E-state index contributed by atoms with van der Waals surface area (Å²) in [5, 5.41) is 4.09. The number of nitrogens with two attached hydrogens (primary N) is 1. The second-order valence-corrected chi connectivity index (χ2v) is 7.29. The number of aromatic nitrogens is 2. The molecule has 1 saturated heterocycles. The Morgan fingerprint density at radius 2 is 2.25 bits per heavy atom. The second-order valence-electron chi connectivity index (χ2n) is 5.35. The summed E-state index contributed by atoms with van der Waals surface area (Å²) in [4.78, 5) is 2.34. The molecule has 1 atom stereocenters. The topological polar surface area (TPSA) is 84.5 Å². The van der Waals surface area contributed by atoms with Crippen LogP contribution in [-0.2, 0) is 16.6 Å². The Morgan fingerprint density at radius 1 is 1.50 bits per heavy atom. The third-order valence-electron chi connectivity index (χ3n) is 3.70. The van der Waals surface area contributed by atoms with Gasteiger partial charge in [0, 0.05) is 31.9 Å². The highest BCUT2D eigenvalue weighted by molar-refractivity contribution is 7.89. The van der Waals surface area contributed by atoms with E-state index in [0.29, 0.717) is 26.2 Å². The van der Waals surface area contributed by atoms with E-state index in [-0.39, 0.29) is 10.9 Å². The molecule has 1 aliphatic rings. The molecule has 0 aromatic carbocycles. The summed E-state index contributed by atoms with van der Waals surface area (Å²) in [7, 11) is 0.538. The van der Waals surface area contributed by atoms with E-state index >= 15 is 0 Å². The van der Waals surface area contributed by atoms with Crippen LogP contribution in [0.5, 0.6) is 0 Å². The SMILES string of the molecule is CN(C)C1CCN(S(=O)(=O)c2cnn(CCCN)c2)C1. The standard InChI is InChI=1S/C12H23N5O2S/c1-15(2)11-4-7-17(9-11)20(18,19)12-8-14-16(10-12)6-3-5-13/h8,10-11H,3-7,9,13H2,1-2H3. The highest BCUT2D eigenvalue weighted by atomic mass is 32.2. The lowest BCUT2D eigenvalue weighted by molar-refractivity contribution is 0.302. The average Bonchev–Trinajstić information content (AvgIpc) is 3.05. The second kappa shape index (κ2) is 6.21. The lowest BCUT2D eigenvalue weighted by atomic mass is 10.2. The third kappa shape index (κ3) is 3.20. The van der Waals surface area contributed by atoms with Crippen LogP contribution in [0.15, 0.2) is 17.3 Å². The molecule has 2 N–H and O–H groups in total. The van der Waals surface area contributed by atoms with Gasteiger partial charge in [0.05, 0.1) is 6.20 Å². The van der Waals surface area contributed by atoms with Gasteiger partial charge in [-0.3, -0.25) is 4.68 Å². The van der Waals surface area contributed by atoms with Crippen molar-refractivity contribution in [2.24, 2.45) is 5.73 Å². The molecular weight excluding hydrogens is 278 g/mol. The van der Waals surface area contributed by atoms with Crippen LogP contribution in [0, 0.1) is 0 Å². The van der Waals surface area contributed by atoms with E-state index < -0.39 is 10.0 Å². The Bertz CT molecular complexity index is 540. The molecule has 0 aliphatic carbocycles. The van der Waals surface area contributed by atoms with Crippen LogP contribution in [0.3, 0.4) is 0 Å². The predicted octanol–water partition coefficient (Wildman–Crippen LogP) is -0.443. The number of aryl methyl sites for hydroxylation is 1. The molecule has 1 aliphatic heterocycles. The lowest BCUT2D eigenvalue weighted by Gasteiger charge is -2.19. The molecule has 0 bridgehead atoms. The summed E-state index contributed by atoms with van der Waals surface area (Å²) in [5.41, 5.74) is 5.44. The van der Waals surface area contributed by atoms with Crippen molar-refractivity contribution in [2.45, 2.75) is 30.3 Å². The van der Waals surface area contributed by atoms with Crippen LogP contribution in [0.4, 0.5) is 0 Å². The van der Waals surface area contributed by atoms with Crippen LogP contribution in [-0.4, -0.2) is 67.2 Å². The normalized spacial score (nSPS) is 20.9. The monoisotopic (exact) mass is 301 g/mol. The molecule has 7 nitrogen and oxygen atoms in total. The third-order valence-corrected chi connectivity index (χ3v) is 5.51. The van der Waals surface area contributed by atoms with Crippen LogP contribution in [0.2, 0.25) is 0 Å². The number of sulfonamides is 1. The highest BCUT2D eigenvalue weighted by Crippen LogP contribution is 2.22. The molecule has 0 radical (unpaired) electrons. The summed E-state index contributed by atoms with van der Waals surface area (Å²) in [6.45, 7) is 2.33. The van der Waals surface area contributed by atoms with Gasteiger partial charge in [-0.05, 0) is 33.5 Å². The minimum Gasteiger partial charge on any atom is -0.330 e. The van der Waals surface area contributed by atoms with Gasteiger partial charge in [-0.15, -0.1) is 0 Å².